The Bertz CT molecular complexity index is 303. The van der Waals surface area contributed by atoms with E-state index >= 15 is 0 Å². The maximum Gasteiger partial charge on any atom is 0.433 e. The van der Waals surface area contributed by atoms with Gasteiger partial charge in [-0.1, -0.05) is 13.0 Å². The molecule has 15 heavy (non-hydrogen) atoms. The summed E-state index contributed by atoms with van der Waals surface area (Å²) in [5.41, 5.74) is -0.271. The molecule has 5 heteroatoms. The van der Waals surface area contributed by atoms with Crippen LogP contribution >= 0.6 is 0 Å². The highest BCUT2D eigenvalue weighted by Gasteiger charge is 2.32. The van der Waals surface area contributed by atoms with Crippen LogP contribution in [0.4, 0.5) is 13.2 Å². The van der Waals surface area contributed by atoms with Gasteiger partial charge in [0.1, 0.15) is 5.69 Å². The Hall–Kier alpha value is -1.10. The van der Waals surface area contributed by atoms with Crippen molar-refractivity contribution in [2.75, 3.05) is 6.61 Å². The average Bonchev–Trinajstić information content (AvgIpc) is 2.19. The minimum Gasteiger partial charge on any atom is -0.396 e. The summed E-state index contributed by atoms with van der Waals surface area (Å²) in [5.74, 6) is -0.139. The lowest BCUT2D eigenvalue weighted by molar-refractivity contribution is -0.141. The third-order valence-corrected chi connectivity index (χ3v) is 2.26. The number of aliphatic hydroxyl groups is 1. The molecule has 0 aliphatic heterocycles. The van der Waals surface area contributed by atoms with Crippen molar-refractivity contribution in [2.24, 2.45) is 0 Å². The monoisotopic (exact) mass is 219 g/mol. The number of pyridine rings is 1. The van der Waals surface area contributed by atoms with E-state index < -0.39 is 11.9 Å². The first-order valence-corrected chi connectivity index (χ1v) is 4.63. The maximum absolute atomic E-state index is 12.2. The van der Waals surface area contributed by atoms with Gasteiger partial charge in [0.25, 0.3) is 0 Å². The van der Waals surface area contributed by atoms with Gasteiger partial charge in [0.15, 0.2) is 0 Å². The number of aromatic nitrogens is 1. The number of aliphatic hydroxyl groups excluding tert-OH is 1. The molecular weight excluding hydrogens is 207 g/mol. The molecule has 2 nitrogen and oxygen atoms in total. The van der Waals surface area contributed by atoms with Crippen LogP contribution in [0.15, 0.2) is 18.3 Å². The third-order valence-electron chi connectivity index (χ3n) is 2.26. The van der Waals surface area contributed by atoms with E-state index in [1.54, 1.807) is 0 Å². The van der Waals surface area contributed by atoms with E-state index in [0.717, 1.165) is 6.07 Å². The SMILES string of the molecule is CCC(CO)c1ccc(C(F)(F)F)nc1. The van der Waals surface area contributed by atoms with Crippen molar-refractivity contribution in [1.82, 2.24) is 4.98 Å². The summed E-state index contributed by atoms with van der Waals surface area (Å²) < 4.78 is 36.5. The fourth-order valence-corrected chi connectivity index (χ4v) is 1.28. The van der Waals surface area contributed by atoms with Gasteiger partial charge < -0.3 is 5.11 Å². The second-order valence-electron chi connectivity index (χ2n) is 3.26. The molecule has 0 aliphatic carbocycles. The van der Waals surface area contributed by atoms with E-state index in [1.807, 2.05) is 6.92 Å². The van der Waals surface area contributed by atoms with Crippen molar-refractivity contribution in [2.45, 2.75) is 25.4 Å². The molecule has 1 aromatic rings. The van der Waals surface area contributed by atoms with Gasteiger partial charge in [-0.2, -0.15) is 13.2 Å². The van der Waals surface area contributed by atoms with Crippen LogP contribution in [0, 0.1) is 0 Å². The van der Waals surface area contributed by atoms with Gasteiger partial charge in [0, 0.05) is 18.7 Å². The van der Waals surface area contributed by atoms with Gasteiger partial charge in [0.05, 0.1) is 0 Å². The zero-order valence-corrected chi connectivity index (χ0v) is 8.25. The minimum atomic E-state index is -4.40. The van der Waals surface area contributed by atoms with Gasteiger partial charge in [-0.25, -0.2) is 0 Å². The Balaban J connectivity index is 2.89. The summed E-state index contributed by atoms with van der Waals surface area (Å²) in [7, 11) is 0. The fraction of sp³-hybridized carbons (Fsp3) is 0.500. The molecule has 0 radical (unpaired) electrons. The molecule has 84 valence electrons. The van der Waals surface area contributed by atoms with Gasteiger partial charge >= 0.3 is 6.18 Å². The van der Waals surface area contributed by atoms with E-state index in [-0.39, 0.29) is 12.5 Å². The molecule has 0 fully saturated rings. The van der Waals surface area contributed by atoms with Crippen molar-refractivity contribution in [3.63, 3.8) is 0 Å². The van der Waals surface area contributed by atoms with Crippen LogP contribution < -0.4 is 0 Å². The van der Waals surface area contributed by atoms with Crippen molar-refractivity contribution in [1.29, 1.82) is 0 Å². The topological polar surface area (TPSA) is 33.1 Å². The molecule has 1 heterocycles. The zero-order valence-electron chi connectivity index (χ0n) is 8.25. The number of alkyl halides is 3. The molecule has 0 saturated heterocycles. The number of halogens is 3. The molecule has 1 aromatic heterocycles. The second kappa shape index (κ2) is 4.61. The summed E-state index contributed by atoms with van der Waals surface area (Å²) >= 11 is 0. The molecule has 0 amide bonds. The normalized spacial score (nSPS) is 13.9. The summed E-state index contributed by atoms with van der Waals surface area (Å²) in [6, 6.07) is 2.30. The smallest absolute Gasteiger partial charge is 0.396 e. The van der Waals surface area contributed by atoms with Crippen LogP contribution in [0.1, 0.15) is 30.5 Å². The molecule has 1 atom stereocenters. The first-order valence-electron chi connectivity index (χ1n) is 4.63. The highest BCUT2D eigenvalue weighted by atomic mass is 19.4. The maximum atomic E-state index is 12.2. The number of hydrogen-bond acceptors (Lipinski definition) is 2. The quantitative estimate of drug-likeness (QED) is 0.847. The Morgan fingerprint density at radius 2 is 2.07 bits per heavy atom. The fourth-order valence-electron chi connectivity index (χ4n) is 1.28. The summed E-state index contributed by atoms with van der Waals surface area (Å²) in [4.78, 5) is 3.33. The molecule has 1 rings (SSSR count). The zero-order chi connectivity index (χ0) is 11.5. The van der Waals surface area contributed by atoms with Gasteiger partial charge in [-0.05, 0) is 18.1 Å². The molecule has 0 bridgehead atoms. The second-order valence-corrected chi connectivity index (χ2v) is 3.26. The highest BCUT2D eigenvalue weighted by Crippen LogP contribution is 2.28. The minimum absolute atomic E-state index is 0.0798. The van der Waals surface area contributed by atoms with Crippen molar-refractivity contribution in [3.05, 3.63) is 29.6 Å². The lowest BCUT2D eigenvalue weighted by Gasteiger charge is -2.12. The molecule has 0 saturated carbocycles. The van der Waals surface area contributed by atoms with Gasteiger partial charge in [-0.15, -0.1) is 0 Å². The van der Waals surface area contributed by atoms with Crippen molar-refractivity contribution in [3.8, 4) is 0 Å². The van der Waals surface area contributed by atoms with Gasteiger partial charge in [0.2, 0.25) is 0 Å². The molecule has 0 aromatic carbocycles. The lowest BCUT2D eigenvalue weighted by Crippen LogP contribution is -2.09. The Morgan fingerprint density at radius 3 is 2.40 bits per heavy atom. The predicted molar refractivity (Wildman–Crippen MR) is 49.4 cm³/mol. The lowest BCUT2D eigenvalue weighted by atomic mass is 9.99. The van der Waals surface area contributed by atoms with Gasteiger partial charge in [-0.3, -0.25) is 4.98 Å². The average molecular weight is 219 g/mol. The van der Waals surface area contributed by atoms with Crippen LogP contribution in [0.25, 0.3) is 0 Å². The van der Waals surface area contributed by atoms with Crippen LogP contribution in [0.3, 0.4) is 0 Å². The first kappa shape index (κ1) is 12.0. The molecular formula is C10H12F3NO. The van der Waals surface area contributed by atoms with E-state index in [9.17, 15) is 13.2 Å². The van der Waals surface area contributed by atoms with E-state index in [4.69, 9.17) is 5.11 Å². The standard InChI is InChI=1S/C10H12F3NO/c1-2-7(6-15)8-3-4-9(14-5-8)10(11,12)13/h3-5,7,15H,2,6H2,1H3. The molecule has 1 N–H and O–H groups in total. The Labute approximate surface area is 85.8 Å². The number of hydrogen-bond donors (Lipinski definition) is 1. The highest BCUT2D eigenvalue weighted by molar-refractivity contribution is 5.19. The molecule has 0 aliphatic rings. The van der Waals surface area contributed by atoms with Crippen molar-refractivity contribution >= 4 is 0 Å². The predicted octanol–water partition coefficient (Wildman–Crippen LogP) is 2.59. The van der Waals surface area contributed by atoms with Crippen molar-refractivity contribution < 1.29 is 18.3 Å². The summed E-state index contributed by atoms with van der Waals surface area (Å²) in [6.07, 6.45) is -2.56. The van der Waals surface area contributed by atoms with Crippen LogP contribution in [0.2, 0.25) is 0 Å². The van der Waals surface area contributed by atoms with E-state index in [1.165, 1.54) is 12.3 Å². The number of rotatable bonds is 3. The Kier molecular flexibility index (Phi) is 3.68. The largest absolute Gasteiger partial charge is 0.433 e. The van der Waals surface area contributed by atoms with Crippen LogP contribution in [-0.2, 0) is 6.18 Å². The van der Waals surface area contributed by atoms with E-state index in [2.05, 4.69) is 4.98 Å². The van der Waals surface area contributed by atoms with Crippen LogP contribution in [-0.4, -0.2) is 16.7 Å². The molecule has 1 unspecified atom stereocenters. The third kappa shape index (κ3) is 2.92. The molecule has 0 spiro atoms. The van der Waals surface area contributed by atoms with Crippen LogP contribution in [0.5, 0.6) is 0 Å². The number of nitrogens with zero attached hydrogens (tertiary/aromatic N) is 1. The summed E-state index contributed by atoms with van der Waals surface area (Å²) in [6.45, 7) is 1.78. The summed E-state index contributed by atoms with van der Waals surface area (Å²) in [5, 5.41) is 8.96. The van der Waals surface area contributed by atoms with E-state index in [0.29, 0.717) is 12.0 Å². The Morgan fingerprint density at radius 1 is 1.40 bits per heavy atom. The first-order chi connectivity index (χ1) is 6.99.